The SMILES string of the molecule is C=Cc1ccc(OCc2ccccc2)cc1C(=C)c1ccc(-c2cccc(C(F)(F)F)c2)o1. The number of furan rings is 1. The largest absolute Gasteiger partial charge is 0.489 e. The highest BCUT2D eigenvalue weighted by atomic mass is 19.4. The normalized spacial score (nSPS) is 11.2. The van der Waals surface area contributed by atoms with E-state index in [1.165, 1.54) is 6.07 Å². The Kier molecular flexibility index (Phi) is 6.22. The number of ether oxygens (including phenoxy) is 1. The van der Waals surface area contributed by atoms with Crippen molar-refractivity contribution in [1.29, 1.82) is 0 Å². The lowest BCUT2D eigenvalue weighted by Crippen LogP contribution is -2.04. The van der Waals surface area contributed by atoms with Crippen LogP contribution >= 0.6 is 0 Å². The molecule has 0 amide bonds. The number of alkyl halides is 3. The molecule has 0 aliphatic heterocycles. The van der Waals surface area contributed by atoms with Gasteiger partial charge in [-0.2, -0.15) is 13.2 Å². The Balaban J connectivity index is 1.59. The van der Waals surface area contributed by atoms with E-state index in [4.69, 9.17) is 9.15 Å². The second-order valence-electron chi connectivity index (χ2n) is 7.45. The Morgan fingerprint density at radius 1 is 0.909 bits per heavy atom. The molecular formula is C28H21F3O2. The third-order valence-electron chi connectivity index (χ3n) is 5.20. The van der Waals surface area contributed by atoms with Gasteiger partial charge in [-0.1, -0.05) is 67.8 Å². The average molecular weight is 446 g/mol. The van der Waals surface area contributed by atoms with Crippen molar-refractivity contribution in [3.8, 4) is 17.1 Å². The van der Waals surface area contributed by atoms with Gasteiger partial charge in [0, 0.05) is 11.1 Å². The second-order valence-corrected chi connectivity index (χ2v) is 7.45. The van der Waals surface area contributed by atoms with Gasteiger partial charge in [0.2, 0.25) is 0 Å². The molecular weight excluding hydrogens is 425 g/mol. The summed E-state index contributed by atoms with van der Waals surface area (Å²) in [6.07, 6.45) is -2.72. The fourth-order valence-corrected chi connectivity index (χ4v) is 3.44. The lowest BCUT2D eigenvalue weighted by molar-refractivity contribution is -0.137. The summed E-state index contributed by atoms with van der Waals surface area (Å²) in [5, 5.41) is 0. The summed E-state index contributed by atoms with van der Waals surface area (Å²) in [5.41, 5.74) is 2.84. The minimum atomic E-state index is -4.42. The quantitative estimate of drug-likeness (QED) is 0.285. The van der Waals surface area contributed by atoms with E-state index >= 15 is 0 Å². The van der Waals surface area contributed by atoms with Crippen LogP contribution in [0.3, 0.4) is 0 Å². The maximum atomic E-state index is 13.1. The standard InChI is InChI=1S/C28H21F3O2/c1-3-21-12-13-24(32-18-20-8-5-4-6-9-20)17-25(21)19(2)26-14-15-27(33-26)22-10-7-11-23(16-22)28(29,30)31/h3-17H,1-2,18H2. The summed E-state index contributed by atoms with van der Waals surface area (Å²) in [6.45, 7) is 8.42. The first-order valence-electron chi connectivity index (χ1n) is 10.3. The second kappa shape index (κ2) is 9.25. The summed E-state index contributed by atoms with van der Waals surface area (Å²) in [6, 6.07) is 23.8. The van der Waals surface area contributed by atoms with Gasteiger partial charge in [-0.25, -0.2) is 0 Å². The maximum absolute atomic E-state index is 13.1. The van der Waals surface area contributed by atoms with Crippen molar-refractivity contribution in [2.75, 3.05) is 0 Å². The molecule has 0 aliphatic carbocycles. The van der Waals surface area contributed by atoms with Crippen LogP contribution in [0.15, 0.2) is 103 Å². The Morgan fingerprint density at radius 3 is 2.42 bits per heavy atom. The van der Waals surface area contributed by atoms with E-state index in [0.717, 1.165) is 28.8 Å². The third-order valence-corrected chi connectivity index (χ3v) is 5.20. The predicted octanol–water partition coefficient (Wildman–Crippen LogP) is 8.25. The van der Waals surface area contributed by atoms with E-state index in [1.807, 2.05) is 48.5 Å². The zero-order valence-electron chi connectivity index (χ0n) is 17.7. The molecule has 0 spiro atoms. The van der Waals surface area contributed by atoms with E-state index in [2.05, 4.69) is 13.2 Å². The average Bonchev–Trinajstić information content (AvgIpc) is 3.33. The topological polar surface area (TPSA) is 22.4 Å². The Hall–Kier alpha value is -3.99. The first-order chi connectivity index (χ1) is 15.8. The van der Waals surface area contributed by atoms with Gasteiger partial charge >= 0.3 is 6.18 Å². The molecule has 1 heterocycles. The van der Waals surface area contributed by atoms with Crippen LogP contribution in [-0.2, 0) is 12.8 Å². The van der Waals surface area contributed by atoms with Crippen LogP contribution < -0.4 is 4.74 Å². The zero-order valence-corrected chi connectivity index (χ0v) is 17.7. The molecule has 0 saturated carbocycles. The lowest BCUT2D eigenvalue weighted by Gasteiger charge is -2.12. The van der Waals surface area contributed by atoms with Crippen molar-refractivity contribution in [2.24, 2.45) is 0 Å². The molecule has 0 N–H and O–H groups in total. The first kappa shape index (κ1) is 22.2. The van der Waals surface area contributed by atoms with E-state index < -0.39 is 11.7 Å². The van der Waals surface area contributed by atoms with Crippen molar-refractivity contribution in [2.45, 2.75) is 12.8 Å². The monoisotopic (exact) mass is 446 g/mol. The van der Waals surface area contributed by atoms with Crippen LogP contribution in [0.1, 0.15) is 28.0 Å². The van der Waals surface area contributed by atoms with Crippen LogP contribution in [0, 0.1) is 0 Å². The highest BCUT2D eigenvalue weighted by molar-refractivity contribution is 5.82. The van der Waals surface area contributed by atoms with Gasteiger partial charge in [0.1, 0.15) is 23.9 Å². The molecule has 4 aromatic rings. The van der Waals surface area contributed by atoms with Crippen molar-refractivity contribution in [3.63, 3.8) is 0 Å². The molecule has 0 radical (unpaired) electrons. The fourth-order valence-electron chi connectivity index (χ4n) is 3.44. The highest BCUT2D eigenvalue weighted by Crippen LogP contribution is 2.35. The van der Waals surface area contributed by atoms with Crippen molar-refractivity contribution < 1.29 is 22.3 Å². The van der Waals surface area contributed by atoms with Gasteiger partial charge in [0.05, 0.1) is 5.56 Å². The highest BCUT2D eigenvalue weighted by Gasteiger charge is 2.30. The third kappa shape index (κ3) is 5.09. The molecule has 5 heteroatoms. The summed E-state index contributed by atoms with van der Waals surface area (Å²) in [4.78, 5) is 0. The molecule has 33 heavy (non-hydrogen) atoms. The van der Waals surface area contributed by atoms with Gasteiger partial charge in [0.25, 0.3) is 0 Å². The van der Waals surface area contributed by atoms with E-state index in [1.54, 1.807) is 24.3 Å². The maximum Gasteiger partial charge on any atom is 0.416 e. The van der Waals surface area contributed by atoms with Crippen LogP contribution in [0.2, 0.25) is 0 Å². The molecule has 1 aromatic heterocycles. The molecule has 2 nitrogen and oxygen atoms in total. The van der Waals surface area contributed by atoms with Crippen LogP contribution in [0.25, 0.3) is 23.0 Å². The molecule has 0 bridgehead atoms. The lowest BCUT2D eigenvalue weighted by atomic mass is 9.99. The Morgan fingerprint density at radius 2 is 1.70 bits per heavy atom. The molecule has 0 atom stereocenters. The molecule has 0 unspecified atom stereocenters. The Bertz CT molecular complexity index is 1280. The van der Waals surface area contributed by atoms with Crippen LogP contribution in [0.5, 0.6) is 5.75 Å². The van der Waals surface area contributed by atoms with Gasteiger partial charge in [0.15, 0.2) is 0 Å². The van der Waals surface area contributed by atoms with E-state index in [0.29, 0.717) is 35.0 Å². The van der Waals surface area contributed by atoms with Crippen molar-refractivity contribution >= 4 is 11.6 Å². The number of benzene rings is 3. The van der Waals surface area contributed by atoms with Crippen molar-refractivity contribution in [1.82, 2.24) is 0 Å². The van der Waals surface area contributed by atoms with Gasteiger partial charge in [-0.15, -0.1) is 0 Å². The minimum Gasteiger partial charge on any atom is -0.489 e. The summed E-state index contributed by atoms with van der Waals surface area (Å²) in [7, 11) is 0. The van der Waals surface area contributed by atoms with Gasteiger partial charge < -0.3 is 9.15 Å². The first-order valence-corrected chi connectivity index (χ1v) is 10.3. The van der Waals surface area contributed by atoms with E-state index in [9.17, 15) is 13.2 Å². The van der Waals surface area contributed by atoms with Crippen LogP contribution in [-0.4, -0.2) is 0 Å². The smallest absolute Gasteiger partial charge is 0.416 e. The number of hydrogen-bond acceptors (Lipinski definition) is 2. The molecule has 0 fully saturated rings. The molecule has 4 rings (SSSR count). The van der Waals surface area contributed by atoms with Gasteiger partial charge in [-0.3, -0.25) is 0 Å². The summed E-state index contributed by atoms with van der Waals surface area (Å²) in [5.74, 6) is 1.44. The number of rotatable bonds is 7. The molecule has 0 saturated heterocycles. The van der Waals surface area contributed by atoms with Crippen molar-refractivity contribution in [3.05, 3.63) is 126 Å². The molecule has 166 valence electrons. The molecule has 0 aliphatic rings. The predicted molar refractivity (Wildman–Crippen MR) is 125 cm³/mol. The number of hydrogen-bond donors (Lipinski definition) is 0. The molecule has 3 aromatic carbocycles. The minimum absolute atomic E-state index is 0.328. The summed E-state index contributed by atoms with van der Waals surface area (Å²) >= 11 is 0. The fraction of sp³-hybridized carbons (Fsp3) is 0.0714. The van der Waals surface area contributed by atoms with E-state index in [-0.39, 0.29) is 0 Å². The Labute approximate surface area is 190 Å². The zero-order chi connectivity index (χ0) is 23.4. The van der Waals surface area contributed by atoms with Crippen LogP contribution in [0.4, 0.5) is 13.2 Å². The number of halogens is 3. The van der Waals surface area contributed by atoms with Gasteiger partial charge in [-0.05, 0) is 53.1 Å². The summed E-state index contributed by atoms with van der Waals surface area (Å²) < 4.78 is 51.0.